The standard InChI is InChI=1S/C35H68O4/c1-2-3-4-5-6-7-8-9-14-17-20-23-26-29-32-35(38)39-33-30-27-24-21-18-15-12-10-11-13-16-19-22-25-28-31-34(36)37/h2-33H2,1H3,(H,36,37). The lowest BCUT2D eigenvalue weighted by Crippen LogP contribution is -2.05. The van der Waals surface area contributed by atoms with Crippen LogP contribution in [0.15, 0.2) is 0 Å². The number of carboxylic acid groups (broad SMARTS) is 1. The van der Waals surface area contributed by atoms with Crippen molar-refractivity contribution in [2.24, 2.45) is 0 Å². The molecule has 4 nitrogen and oxygen atoms in total. The highest BCUT2D eigenvalue weighted by Gasteiger charge is 2.03. The van der Waals surface area contributed by atoms with Crippen molar-refractivity contribution in [1.82, 2.24) is 0 Å². The van der Waals surface area contributed by atoms with Gasteiger partial charge in [-0.1, -0.05) is 174 Å². The summed E-state index contributed by atoms with van der Waals surface area (Å²) in [7, 11) is 0. The number of carbonyl (C=O) groups excluding carboxylic acids is 1. The Morgan fingerprint density at radius 3 is 1.03 bits per heavy atom. The lowest BCUT2D eigenvalue weighted by Gasteiger charge is -2.06. The molecule has 0 fully saturated rings. The van der Waals surface area contributed by atoms with Crippen LogP contribution in [0, 0.1) is 0 Å². The van der Waals surface area contributed by atoms with Crippen molar-refractivity contribution in [2.75, 3.05) is 6.61 Å². The van der Waals surface area contributed by atoms with Crippen LogP contribution in [0.3, 0.4) is 0 Å². The Morgan fingerprint density at radius 2 is 0.692 bits per heavy atom. The normalized spacial score (nSPS) is 11.2. The van der Waals surface area contributed by atoms with Crippen molar-refractivity contribution in [3.05, 3.63) is 0 Å². The average Bonchev–Trinajstić information content (AvgIpc) is 2.92. The third-order valence-corrected chi connectivity index (χ3v) is 8.03. The van der Waals surface area contributed by atoms with Gasteiger partial charge < -0.3 is 9.84 Å². The van der Waals surface area contributed by atoms with E-state index in [2.05, 4.69) is 6.92 Å². The van der Waals surface area contributed by atoms with Crippen LogP contribution in [0.4, 0.5) is 0 Å². The summed E-state index contributed by atoms with van der Waals surface area (Å²) < 4.78 is 5.42. The van der Waals surface area contributed by atoms with Gasteiger partial charge in [0.05, 0.1) is 6.61 Å². The molecule has 0 saturated carbocycles. The van der Waals surface area contributed by atoms with E-state index in [1.165, 1.54) is 161 Å². The molecule has 0 aliphatic carbocycles. The SMILES string of the molecule is CCCCCCCCCCCCCCCCC(=O)OCCCCCCCCCCCCCCCCCC(=O)O. The predicted molar refractivity (Wildman–Crippen MR) is 167 cm³/mol. The van der Waals surface area contributed by atoms with Gasteiger partial charge in [0.15, 0.2) is 0 Å². The highest BCUT2D eigenvalue weighted by atomic mass is 16.5. The van der Waals surface area contributed by atoms with E-state index in [4.69, 9.17) is 9.84 Å². The largest absolute Gasteiger partial charge is 0.481 e. The summed E-state index contributed by atoms with van der Waals surface area (Å²) in [6.07, 6.45) is 38.2. The summed E-state index contributed by atoms with van der Waals surface area (Å²) in [6, 6.07) is 0. The van der Waals surface area contributed by atoms with Crippen molar-refractivity contribution < 1.29 is 19.4 Å². The molecule has 4 heteroatoms. The highest BCUT2D eigenvalue weighted by molar-refractivity contribution is 5.69. The molecule has 0 aromatic rings. The molecule has 0 aliphatic rings. The Bertz CT molecular complexity index is 505. The van der Waals surface area contributed by atoms with E-state index in [0.29, 0.717) is 19.4 Å². The van der Waals surface area contributed by atoms with E-state index in [9.17, 15) is 9.59 Å². The second-order valence-electron chi connectivity index (χ2n) is 12.0. The van der Waals surface area contributed by atoms with Crippen molar-refractivity contribution in [1.29, 1.82) is 0 Å². The number of carboxylic acids is 1. The molecule has 0 heterocycles. The lowest BCUT2D eigenvalue weighted by molar-refractivity contribution is -0.144. The molecule has 0 radical (unpaired) electrons. The number of rotatable bonds is 33. The monoisotopic (exact) mass is 553 g/mol. The Kier molecular flexibility index (Phi) is 32.2. The number of ether oxygens (including phenoxy) is 1. The average molecular weight is 553 g/mol. The minimum atomic E-state index is -0.666. The van der Waals surface area contributed by atoms with E-state index >= 15 is 0 Å². The molecule has 0 aromatic carbocycles. The molecule has 1 N–H and O–H groups in total. The zero-order valence-corrected chi connectivity index (χ0v) is 26.3. The van der Waals surface area contributed by atoms with Gasteiger partial charge in [0, 0.05) is 12.8 Å². The molecular formula is C35H68O4. The van der Waals surface area contributed by atoms with E-state index in [1.54, 1.807) is 0 Å². The van der Waals surface area contributed by atoms with Gasteiger partial charge in [0.25, 0.3) is 0 Å². The number of aliphatic carboxylic acids is 1. The van der Waals surface area contributed by atoms with Crippen LogP contribution in [0.1, 0.15) is 206 Å². The quantitative estimate of drug-likeness (QED) is 0.0649. The third-order valence-electron chi connectivity index (χ3n) is 8.03. The molecule has 0 unspecified atom stereocenters. The van der Waals surface area contributed by atoms with E-state index in [1.807, 2.05) is 0 Å². The fourth-order valence-electron chi connectivity index (χ4n) is 5.40. The predicted octanol–water partition coefficient (Wildman–Crippen LogP) is 11.7. The second-order valence-corrected chi connectivity index (χ2v) is 12.0. The number of carbonyl (C=O) groups is 2. The first-order valence-corrected chi connectivity index (χ1v) is 17.5. The molecule has 232 valence electrons. The summed E-state index contributed by atoms with van der Waals surface area (Å²) >= 11 is 0. The zero-order valence-electron chi connectivity index (χ0n) is 26.3. The zero-order chi connectivity index (χ0) is 28.5. The van der Waals surface area contributed by atoms with Gasteiger partial charge in [-0.25, -0.2) is 0 Å². The Labute approximate surface area is 243 Å². The lowest BCUT2D eigenvalue weighted by atomic mass is 10.0. The van der Waals surface area contributed by atoms with Crippen molar-refractivity contribution >= 4 is 11.9 Å². The first kappa shape index (κ1) is 37.9. The maximum atomic E-state index is 11.9. The maximum Gasteiger partial charge on any atom is 0.305 e. The Balaban J connectivity index is 3.15. The Hall–Kier alpha value is -1.06. The molecule has 0 spiro atoms. The van der Waals surface area contributed by atoms with Gasteiger partial charge in [-0.2, -0.15) is 0 Å². The van der Waals surface area contributed by atoms with Crippen LogP contribution >= 0.6 is 0 Å². The molecule has 0 atom stereocenters. The van der Waals surface area contributed by atoms with Gasteiger partial charge in [0.1, 0.15) is 0 Å². The minimum Gasteiger partial charge on any atom is -0.481 e. The molecule has 0 amide bonds. The number of esters is 1. The summed E-state index contributed by atoms with van der Waals surface area (Å²) in [5.41, 5.74) is 0. The summed E-state index contributed by atoms with van der Waals surface area (Å²) in [5, 5.41) is 8.62. The van der Waals surface area contributed by atoms with Gasteiger partial charge in [0.2, 0.25) is 0 Å². The van der Waals surface area contributed by atoms with E-state index < -0.39 is 5.97 Å². The van der Waals surface area contributed by atoms with Crippen LogP contribution in [-0.4, -0.2) is 23.7 Å². The number of unbranched alkanes of at least 4 members (excludes halogenated alkanes) is 27. The number of hydrogen-bond donors (Lipinski definition) is 1. The van der Waals surface area contributed by atoms with Crippen molar-refractivity contribution in [3.8, 4) is 0 Å². The van der Waals surface area contributed by atoms with Crippen LogP contribution in [0.25, 0.3) is 0 Å². The van der Waals surface area contributed by atoms with Gasteiger partial charge in [-0.15, -0.1) is 0 Å². The van der Waals surface area contributed by atoms with Crippen LogP contribution in [0.5, 0.6) is 0 Å². The molecule has 0 rings (SSSR count). The summed E-state index contributed by atoms with van der Waals surface area (Å²) in [6.45, 7) is 2.89. The second kappa shape index (κ2) is 33.1. The van der Waals surface area contributed by atoms with Crippen LogP contribution < -0.4 is 0 Å². The number of hydrogen-bond acceptors (Lipinski definition) is 3. The topological polar surface area (TPSA) is 63.6 Å². The third kappa shape index (κ3) is 34.9. The summed E-state index contributed by atoms with van der Waals surface area (Å²) in [4.78, 5) is 22.4. The van der Waals surface area contributed by atoms with Gasteiger partial charge in [-0.3, -0.25) is 9.59 Å². The van der Waals surface area contributed by atoms with Crippen molar-refractivity contribution in [3.63, 3.8) is 0 Å². The summed E-state index contributed by atoms with van der Waals surface area (Å²) in [5.74, 6) is -0.659. The first-order valence-electron chi connectivity index (χ1n) is 17.5. The smallest absolute Gasteiger partial charge is 0.305 e. The first-order chi connectivity index (χ1) is 19.2. The van der Waals surface area contributed by atoms with Gasteiger partial charge >= 0.3 is 11.9 Å². The fraction of sp³-hybridized carbons (Fsp3) is 0.943. The van der Waals surface area contributed by atoms with Crippen molar-refractivity contribution in [2.45, 2.75) is 206 Å². The van der Waals surface area contributed by atoms with E-state index in [-0.39, 0.29) is 5.97 Å². The Morgan fingerprint density at radius 1 is 0.410 bits per heavy atom. The van der Waals surface area contributed by atoms with Crippen LogP contribution in [-0.2, 0) is 14.3 Å². The molecule has 0 saturated heterocycles. The fourth-order valence-corrected chi connectivity index (χ4v) is 5.40. The van der Waals surface area contributed by atoms with Gasteiger partial charge in [-0.05, 0) is 19.3 Å². The maximum absolute atomic E-state index is 11.9. The molecule has 0 aliphatic heterocycles. The molecule has 39 heavy (non-hydrogen) atoms. The van der Waals surface area contributed by atoms with E-state index in [0.717, 1.165) is 25.7 Å². The molecule has 0 aromatic heterocycles. The molecule has 0 bridgehead atoms. The minimum absolute atomic E-state index is 0.00660. The molecular weight excluding hydrogens is 484 g/mol. The van der Waals surface area contributed by atoms with Crippen LogP contribution in [0.2, 0.25) is 0 Å². The highest BCUT2D eigenvalue weighted by Crippen LogP contribution is 2.15.